The fourth-order valence-corrected chi connectivity index (χ4v) is 3.51. The average molecular weight is 455 g/mol. The molecule has 176 valence electrons. The first-order chi connectivity index (χ1) is 15.9. The summed E-state index contributed by atoms with van der Waals surface area (Å²) >= 11 is 0. The van der Waals surface area contributed by atoms with Crippen LogP contribution in [0.1, 0.15) is 25.8 Å². The average Bonchev–Trinajstić information content (AvgIpc) is 3.05. The van der Waals surface area contributed by atoms with Crippen molar-refractivity contribution in [2.24, 2.45) is 0 Å². The molecule has 2 amide bonds. The normalized spacial score (nSPS) is 13.7. The van der Waals surface area contributed by atoms with Gasteiger partial charge in [-0.05, 0) is 50.1 Å². The van der Waals surface area contributed by atoms with E-state index in [0.717, 1.165) is 0 Å². The minimum Gasteiger partial charge on any atom is -0.497 e. The van der Waals surface area contributed by atoms with E-state index in [1.165, 1.54) is 12.0 Å². The lowest BCUT2D eigenvalue weighted by Gasteiger charge is -2.16. The van der Waals surface area contributed by atoms with Crippen LogP contribution in [0.15, 0.2) is 48.2 Å². The van der Waals surface area contributed by atoms with Gasteiger partial charge in [-0.1, -0.05) is 12.1 Å². The van der Waals surface area contributed by atoms with E-state index < -0.39 is 5.91 Å². The fourth-order valence-electron chi connectivity index (χ4n) is 3.51. The van der Waals surface area contributed by atoms with Gasteiger partial charge in [-0.15, -0.1) is 0 Å². The number of imide groups is 1. The van der Waals surface area contributed by atoms with E-state index in [0.29, 0.717) is 41.5 Å². The molecule has 2 aromatic carbocycles. The highest BCUT2D eigenvalue weighted by Crippen LogP contribution is 2.35. The molecule has 8 nitrogen and oxygen atoms in total. The summed E-state index contributed by atoms with van der Waals surface area (Å²) in [6.45, 7) is 4.60. The van der Waals surface area contributed by atoms with Crippen LogP contribution in [0.4, 0.5) is 5.69 Å². The van der Waals surface area contributed by atoms with Crippen LogP contribution in [0, 0.1) is 0 Å². The Kier molecular flexibility index (Phi) is 7.95. The second kappa shape index (κ2) is 10.9. The van der Waals surface area contributed by atoms with Crippen LogP contribution in [-0.2, 0) is 14.3 Å². The largest absolute Gasteiger partial charge is 0.497 e. The van der Waals surface area contributed by atoms with Gasteiger partial charge in [-0.3, -0.25) is 14.5 Å². The van der Waals surface area contributed by atoms with E-state index in [9.17, 15) is 9.59 Å². The van der Waals surface area contributed by atoms with Gasteiger partial charge in [0.25, 0.3) is 11.8 Å². The second-order valence-corrected chi connectivity index (χ2v) is 7.70. The lowest BCUT2D eigenvalue weighted by molar-refractivity contribution is -0.137. The van der Waals surface area contributed by atoms with Gasteiger partial charge < -0.3 is 24.3 Å². The molecule has 1 aliphatic rings. The van der Waals surface area contributed by atoms with Crippen LogP contribution in [-0.4, -0.2) is 57.3 Å². The zero-order chi connectivity index (χ0) is 24.0. The van der Waals surface area contributed by atoms with E-state index in [1.54, 1.807) is 56.7 Å². The number of nitrogens with zero attached hydrogens (tertiary/aromatic N) is 1. The molecule has 3 rings (SSSR count). The number of nitrogens with one attached hydrogen (secondary N) is 1. The van der Waals surface area contributed by atoms with Crippen LogP contribution in [0.3, 0.4) is 0 Å². The number of rotatable bonds is 11. The standard InChI is InChI=1S/C25H30N2O6/c1-16(2)33-14-6-13-27-24(28)22(17-7-9-18(30-3)10-8-17)23(25(27)29)26-20-15-19(31-4)11-12-21(20)32-5/h7-12,15-16,26H,6,13-14H2,1-5H3. The Morgan fingerprint density at radius 2 is 1.55 bits per heavy atom. The fraction of sp³-hybridized carbons (Fsp3) is 0.360. The Hall–Kier alpha value is -3.52. The highest BCUT2D eigenvalue weighted by atomic mass is 16.5. The van der Waals surface area contributed by atoms with Gasteiger partial charge in [0.2, 0.25) is 0 Å². The molecular formula is C25H30N2O6. The van der Waals surface area contributed by atoms with Gasteiger partial charge in [-0.2, -0.15) is 0 Å². The van der Waals surface area contributed by atoms with Gasteiger partial charge in [-0.25, -0.2) is 0 Å². The summed E-state index contributed by atoms with van der Waals surface area (Å²) in [5.41, 5.74) is 1.60. The van der Waals surface area contributed by atoms with Crippen LogP contribution >= 0.6 is 0 Å². The van der Waals surface area contributed by atoms with Crippen molar-refractivity contribution in [1.82, 2.24) is 4.90 Å². The number of hydrogen-bond acceptors (Lipinski definition) is 7. The van der Waals surface area contributed by atoms with Gasteiger partial charge in [0.15, 0.2) is 0 Å². The number of ether oxygens (including phenoxy) is 4. The van der Waals surface area contributed by atoms with Crippen LogP contribution < -0.4 is 19.5 Å². The Bertz CT molecular complexity index is 1030. The Balaban J connectivity index is 1.97. The quantitative estimate of drug-likeness (QED) is 0.409. The number of carbonyl (C=O) groups is 2. The molecule has 0 saturated heterocycles. The SMILES string of the molecule is COc1ccc(C2=C(Nc3cc(OC)ccc3OC)C(=O)N(CCCOC(C)C)C2=O)cc1. The molecule has 0 radical (unpaired) electrons. The number of benzene rings is 2. The molecule has 1 aliphatic heterocycles. The Labute approximate surface area is 194 Å². The molecule has 0 unspecified atom stereocenters. The van der Waals surface area contributed by atoms with Crippen molar-refractivity contribution >= 4 is 23.1 Å². The molecule has 1 N–H and O–H groups in total. The number of carbonyl (C=O) groups excluding carboxylic acids is 2. The molecule has 0 aromatic heterocycles. The number of anilines is 1. The Morgan fingerprint density at radius 3 is 2.15 bits per heavy atom. The maximum absolute atomic E-state index is 13.4. The van der Waals surface area contributed by atoms with Crippen molar-refractivity contribution in [3.63, 3.8) is 0 Å². The third-order valence-electron chi connectivity index (χ3n) is 5.19. The maximum atomic E-state index is 13.4. The van der Waals surface area contributed by atoms with Crippen molar-refractivity contribution in [3.05, 3.63) is 53.7 Å². The molecule has 1 heterocycles. The van der Waals surface area contributed by atoms with Crippen LogP contribution in [0.25, 0.3) is 5.57 Å². The topological polar surface area (TPSA) is 86.3 Å². The molecule has 0 atom stereocenters. The smallest absolute Gasteiger partial charge is 0.278 e. The minimum atomic E-state index is -0.403. The van der Waals surface area contributed by atoms with Crippen LogP contribution in [0.5, 0.6) is 17.2 Å². The summed E-state index contributed by atoms with van der Waals surface area (Å²) < 4.78 is 21.5. The summed E-state index contributed by atoms with van der Waals surface area (Å²) in [6.07, 6.45) is 0.627. The maximum Gasteiger partial charge on any atom is 0.278 e. The first kappa shape index (κ1) is 24.1. The Morgan fingerprint density at radius 1 is 0.879 bits per heavy atom. The molecule has 33 heavy (non-hydrogen) atoms. The lowest BCUT2D eigenvalue weighted by Crippen LogP contribution is -2.34. The number of hydrogen-bond donors (Lipinski definition) is 1. The highest BCUT2D eigenvalue weighted by molar-refractivity contribution is 6.36. The zero-order valence-electron chi connectivity index (χ0n) is 19.6. The van der Waals surface area contributed by atoms with Crippen LogP contribution in [0.2, 0.25) is 0 Å². The van der Waals surface area contributed by atoms with Crippen molar-refractivity contribution in [1.29, 1.82) is 0 Å². The molecule has 8 heteroatoms. The van der Waals surface area contributed by atoms with E-state index in [-0.39, 0.29) is 29.8 Å². The van der Waals surface area contributed by atoms with Crippen molar-refractivity contribution in [3.8, 4) is 17.2 Å². The summed E-state index contributed by atoms with van der Waals surface area (Å²) in [6, 6.07) is 12.2. The molecule has 0 saturated carbocycles. The van der Waals surface area contributed by atoms with E-state index in [2.05, 4.69) is 5.32 Å². The second-order valence-electron chi connectivity index (χ2n) is 7.70. The zero-order valence-corrected chi connectivity index (χ0v) is 19.6. The molecule has 0 aliphatic carbocycles. The van der Waals surface area contributed by atoms with Crippen molar-refractivity contribution in [2.45, 2.75) is 26.4 Å². The van der Waals surface area contributed by atoms with Gasteiger partial charge in [0.1, 0.15) is 22.9 Å². The summed E-state index contributed by atoms with van der Waals surface area (Å²) in [5, 5.41) is 3.13. The van der Waals surface area contributed by atoms with Gasteiger partial charge in [0.05, 0.1) is 38.7 Å². The van der Waals surface area contributed by atoms with E-state index >= 15 is 0 Å². The highest BCUT2D eigenvalue weighted by Gasteiger charge is 2.39. The van der Waals surface area contributed by atoms with E-state index in [4.69, 9.17) is 18.9 Å². The minimum absolute atomic E-state index is 0.0840. The lowest BCUT2D eigenvalue weighted by atomic mass is 10.0. The van der Waals surface area contributed by atoms with Crippen molar-refractivity contribution in [2.75, 3.05) is 39.8 Å². The molecular weight excluding hydrogens is 424 g/mol. The number of amides is 2. The molecule has 2 aromatic rings. The summed E-state index contributed by atoms with van der Waals surface area (Å²) in [4.78, 5) is 28.0. The summed E-state index contributed by atoms with van der Waals surface area (Å²) in [5.74, 6) is 0.993. The molecule has 0 fully saturated rings. The first-order valence-electron chi connectivity index (χ1n) is 10.7. The van der Waals surface area contributed by atoms with Gasteiger partial charge in [0, 0.05) is 19.2 Å². The van der Waals surface area contributed by atoms with E-state index in [1.807, 2.05) is 13.8 Å². The first-order valence-corrected chi connectivity index (χ1v) is 10.7. The predicted molar refractivity (Wildman–Crippen MR) is 126 cm³/mol. The molecule has 0 bridgehead atoms. The monoisotopic (exact) mass is 454 g/mol. The summed E-state index contributed by atoms with van der Waals surface area (Å²) in [7, 11) is 4.66. The third-order valence-corrected chi connectivity index (χ3v) is 5.19. The number of methoxy groups -OCH3 is 3. The van der Waals surface area contributed by atoms with Crippen molar-refractivity contribution < 1.29 is 28.5 Å². The predicted octanol–water partition coefficient (Wildman–Crippen LogP) is 3.72. The molecule has 0 spiro atoms. The van der Waals surface area contributed by atoms with Gasteiger partial charge >= 0.3 is 0 Å². The third kappa shape index (κ3) is 5.46.